The van der Waals surface area contributed by atoms with Gasteiger partial charge in [-0.1, -0.05) is 12.1 Å². The van der Waals surface area contributed by atoms with E-state index >= 15 is 0 Å². The molecule has 1 amide bonds. The Morgan fingerprint density at radius 1 is 1.26 bits per heavy atom. The summed E-state index contributed by atoms with van der Waals surface area (Å²) in [5, 5.41) is 3.12. The van der Waals surface area contributed by atoms with Gasteiger partial charge in [0.25, 0.3) is 0 Å². The number of pyridine rings is 1. The molecule has 0 radical (unpaired) electrons. The van der Waals surface area contributed by atoms with Crippen LogP contribution in [0.3, 0.4) is 0 Å². The number of hydrogen-bond donors (Lipinski definition) is 1. The molecule has 1 N–H and O–H groups in total. The third-order valence-corrected chi connectivity index (χ3v) is 3.50. The van der Waals surface area contributed by atoms with Gasteiger partial charge in [-0.2, -0.15) is 0 Å². The quantitative estimate of drug-likeness (QED) is 0.926. The maximum Gasteiger partial charge on any atom is 0.246 e. The second-order valence-corrected chi connectivity index (χ2v) is 5.23. The van der Waals surface area contributed by atoms with Crippen molar-refractivity contribution in [3.8, 4) is 0 Å². The zero-order valence-corrected chi connectivity index (χ0v) is 11.7. The molecule has 0 unspecified atom stereocenters. The van der Waals surface area contributed by atoms with Gasteiger partial charge < -0.3 is 10.2 Å². The molecule has 0 atom stereocenters. The molecule has 2 aromatic rings. The molecule has 2 heterocycles. The van der Waals surface area contributed by atoms with E-state index in [1.165, 1.54) is 0 Å². The lowest BCUT2D eigenvalue weighted by Gasteiger charge is -2.29. The lowest BCUT2D eigenvalue weighted by molar-refractivity contribution is -0.117. The molecule has 0 spiro atoms. The highest BCUT2D eigenvalue weighted by Gasteiger charge is 2.23. The number of halogens is 1. The maximum atomic E-state index is 12.1. The highest BCUT2D eigenvalue weighted by atomic mass is 79.9. The van der Waals surface area contributed by atoms with Crippen LogP contribution in [0.25, 0.3) is 0 Å². The topological polar surface area (TPSA) is 45.2 Å². The third-order valence-electron chi connectivity index (χ3n) is 3.03. The number of rotatable bonds is 2. The Kier molecular flexibility index (Phi) is 3.21. The van der Waals surface area contributed by atoms with Gasteiger partial charge in [-0.05, 0) is 40.2 Å². The summed E-state index contributed by atoms with van der Waals surface area (Å²) in [4.78, 5) is 18.1. The Labute approximate surface area is 119 Å². The molecule has 3 rings (SSSR count). The lowest BCUT2D eigenvalue weighted by Crippen LogP contribution is -2.39. The van der Waals surface area contributed by atoms with Crippen LogP contribution in [0.1, 0.15) is 5.69 Å². The van der Waals surface area contributed by atoms with E-state index in [1.807, 2.05) is 36.4 Å². The first kappa shape index (κ1) is 12.2. The van der Waals surface area contributed by atoms with Crippen LogP contribution >= 0.6 is 15.9 Å². The molecule has 1 aromatic carbocycles. The summed E-state index contributed by atoms with van der Waals surface area (Å²) < 4.78 is 0.934. The van der Waals surface area contributed by atoms with Crippen LogP contribution in [-0.4, -0.2) is 17.4 Å². The predicted molar refractivity (Wildman–Crippen MR) is 78.1 cm³/mol. The molecule has 0 saturated heterocycles. The van der Waals surface area contributed by atoms with Crippen LogP contribution in [0.4, 0.5) is 11.4 Å². The molecule has 96 valence electrons. The zero-order chi connectivity index (χ0) is 13.2. The molecule has 0 saturated carbocycles. The summed E-state index contributed by atoms with van der Waals surface area (Å²) in [5.74, 6) is 0.0587. The molecule has 0 aliphatic carbocycles. The number of aromatic nitrogens is 1. The van der Waals surface area contributed by atoms with Gasteiger partial charge in [0.05, 0.1) is 30.2 Å². The lowest BCUT2D eigenvalue weighted by atomic mass is 10.2. The van der Waals surface area contributed by atoms with Crippen molar-refractivity contribution in [3.05, 3.63) is 52.8 Å². The largest absolute Gasteiger partial charge is 0.374 e. The molecule has 0 bridgehead atoms. The number of amides is 1. The summed E-state index contributed by atoms with van der Waals surface area (Å²) in [6.45, 7) is 0.818. The Hall–Kier alpha value is -1.88. The molecular weight excluding hydrogens is 306 g/mol. The monoisotopic (exact) mass is 317 g/mol. The normalized spacial score (nSPS) is 13.9. The van der Waals surface area contributed by atoms with Gasteiger partial charge in [-0.15, -0.1) is 0 Å². The minimum Gasteiger partial charge on any atom is -0.374 e. The second kappa shape index (κ2) is 5.01. The van der Waals surface area contributed by atoms with E-state index in [-0.39, 0.29) is 5.91 Å². The second-order valence-electron chi connectivity index (χ2n) is 4.32. The summed E-state index contributed by atoms with van der Waals surface area (Å²) in [5.41, 5.74) is 2.76. The molecular formula is C14H12BrN3O. The number of carbonyl (C=O) groups is 1. The van der Waals surface area contributed by atoms with Crippen molar-refractivity contribution in [3.63, 3.8) is 0 Å². The molecule has 5 heteroatoms. The molecule has 1 aliphatic rings. The maximum absolute atomic E-state index is 12.1. The van der Waals surface area contributed by atoms with E-state index in [1.54, 1.807) is 11.1 Å². The summed E-state index contributed by atoms with van der Waals surface area (Å²) in [6, 6.07) is 11.7. The minimum atomic E-state index is 0.0587. The summed E-state index contributed by atoms with van der Waals surface area (Å²) in [7, 11) is 0. The Bertz CT molecular complexity index is 612. The number of carbonyl (C=O) groups excluding carboxylic acids is 1. The van der Waals surface area contributed by atoms with Gasteiger partial charge in [-0.3, -0.25) is 9.78 Å². The fraction of sp³-hybridized carbons (Fsp3) is 0.143. The summed E-state index contributed by atoms with van der Waals surface area (Å²) in [6.07, 6.45) is 1.74. The highest BCUT2D eigenvalue weighted by molar-refractivity contribution is 9.10. The van der Waals surface area contributed by atoms with Gasteiger partial charge in [0, 0.05) is 10.7 Å². The van der Waals surface area contributed by atoms with E-state index in [0.717, 1.165) is 21.5 Å². The molecule has 1 aliphatic heterocycles. The van der Waals surface area contributed by atoms with Crippen molar-refractivity contribution >= 4 is 33.2 Å². The molecule has 1 aromatic heterocycles. The first-order valence-electron chi connectivity index (χ1n) is 5.98. The van der Waals surface area contributed by atoms with Crippen LogP contribution in [0.2, 0.25) is 0 Å². The third kappa shape index (κ3) is 2.46. The van der Waals surface area contributed by atoms with Gasteiger partial charge in [0.15, 0.2) is 0 Å². The molecule has 0 fully saturated rings. The zero-order valence-electron chi connectivity index (χ0n) is 10.1. The SMILES string of the molecule is O=C1CNc2ccccc2N1Cc1ccc(Br)cn1. The number of nitrogens with one attached hydrogen (secondary N) is 1. The fourth-order valence-electron chi connectivity index (χ4n) is 2.09. The predicted octanol–water partition coefficient (Wildman–Crippen LogP) is 2.80. The standard InChI is InChI=1S/C14H12BrN3O/c15-10-5-6-11(16-7-10)9-18-13-4-2-1-3-12(13)17-8-14(18)19/h1-7,17H,8-9H2. The van der Waals surface area contributed by atoms with Crippen molar-refractivity contribution in [2.75, 3.05) is 16.8 Å². The van der Waals surface area contributed by atoms with E-state index < -0.39 is 0 Å². The minimum absolute atomic E-state index is 0.0587. The number of fused-ring (bicyclic) bond motifs is 1. The number of nitrogens with zero attached hydrogens (tertiary/aromatic N) is 2. The van der Waals surface area contributed by atoms with Gasteiger partial charge >= 0.3 is 0 Å². The number of hydrogen-bond acceptors (Lipinski definition) is 3. The van der Waals surface area contributed by atoms with Gasteiger partial charge in [-0.25, -0.2) is 0 Å². The number of benzene rings is 1. The smallest absolute Gasteiger partial charge is 0.246 e. The van der Waals surface area contributed by atoms with Crippen LogP contribution in [0.5, 0.6) is 0 Å². The molecule has 4 nitrogen and oxygen atoms in total. The van der Waals surface area contributed by atoms with Crippen LogP contribution in [0.15, 0.2) is 47.1 Å². The number of anilines is 2. The van der Waals surface area contributed by atoms with Crippen molar-refractivity contribution in [2.24, 2.45) is 0 Å². The molecule has 19 heavy (non-hydrogen) atoms. The Balaban J connectivity index is 1.91. The van der Waals surface area contributed by atoms with Crippen molar-refractivity contribution in [1.82, 2.24) is 4.98 Å². The first-order valence-corrected chi connectivity index (χ1v) is 6.77. The summed E-state index contributed by atoms with van der Waals surface area (Å²) >= 11 is 3.36. The van der Waals surface area contributed by atoms with Crippen molar-refractivity contribution < 1.29 is 4.79 Å². The fourth-order valence-corrected chi connectivity index (χ4v) is 2.33. The Morgan fingerprint density at radius 2 is 2.11 bits per heavy atom. The van der Waals surface area contributed by atoms with Gasteiger partial charge in [0.2, 0.25) is 5.91 Å². The first-order chi connectivity index (χ1) is 9.24. The highest BCUT2D eigenvalue weighted by Crippen LogP contribution is 2.29. The average molecular weight is 318 g/mol. The van der Waals surface area contributed by atoms with E-state index in [4.69, 9.17) is 0 Å². The number of para-hydroxylation sites is 2. The van der Waals surface area contributed by atoms with Crippen LogP contribution in [-0.2, 0) is 11.3 Å². The average Bonchev–Trinajstić information content (AvgIpc) is 2.44. The van der Waals surface area contributed by atoms with E-state index in [0.29, 0.717) is 13.1 Å². The van der Waals surface area contributed by atoms with Crippen molar-refractivity contribution in [1.29, 1.82) is 0 Å². The van der Waals surface area contributed by atoms with Crippen LogP contribution in [0, 0.1) is 0 Å². The van der Waals surface area contributed by atoms with Crippen LogP contribution < -0.4 is 10.2 Å². The van der Waals surface area contributed by atoms with E-state index in [9.17, 15) is 4.79 Å². The van der Waals surface area contributed by atoms with Gasteiger partial charge in [0.1, 0.15) is 0 Å². The Morgan fingerprint density at radius 3 is 2.89 bits per heavy atom. The van der Waals surface area contributed by atoms with E-state index in [2.05, 4.69) is 26.2 Å². The van der Waals surface area contributed by atoms with Crippen molar-refractivity contribution in [2.45, 2.75) is 6.54 Å².